The van der Waals surface area contributed by atoms with E-state index in [9.17, 15) is 9.59 Å². The molecular formula is C21H24Cl2N4O4. The van der Waals surface area contributed by atoms with Gasteiger partial charge in [0.2, 0.25) is 0 Å². The van der Waals surface area contributed by atoms with Gasteiger partial charge in [0.15, 0.2) is 5.88 Å². The van der Waals surface area contributed by atoms with Crippen LogP contribution in [0.4, 0.5) is 5.88 Å². The summed E-state index contributed by atoms with van der Waals surface area (Å²) in [4.78, 5) is 27.2. The molecule has 31 heavy (non-hydrogen) atoms. The lowest BCUT2D eigenvalue weighted by Gasteiger charge is -2.26. The van der Waals surface area contributed by atoms with E-state index >= 15 is 0 Å². The molecule has 3 rings (SSSR count). The Morgan fingerprint density at radius 2 is 1.90 bits per heavy atom. The van der Waals surface area contributed by atoms with Crippen LogP contribution in [0, 0.1) is 5.92 Å². The van der Waals surface area contributed by atoms with Gasteiger partial charge in [-0.15, -0.1) is 0 Å². The summed E-state index contributed by atoms with van der Waals surface area (Å²) < 4.78 is 11.1. The van der Waals surface area contributed by atoms with Gasteiger partial charge in [-0.25, -0.2) is 5.43 Å². The third-order valence-electron chi connectivity index (χ3n) is 4.71. The number of benzene rings is 1. The number of halogens is 2. The number of rotatable bonds is 7. The molecule has 1 atom stereocenters. The van der Waals surface area contributed by atoms with Crippen molar-refractivity contribution in [1.29, 1.82) is 0 Å². The van der Waals surface area contributed by atoms with Crippen LogP contribution >= 0.6 is 23.2 Å². The fraction of sp³-hybridized carbons (Fsp3) is 0.381. The number of carbonyl (C=O) groups excluding carboxylic acids is 2. The molecule has 2 heterocycles. The molecule has 0 saturated carbocycles. The SMILES string of the molecule is CC(C)C(NC(=O)c1ccc(Cl)cc1Cl)C(=O)N/N=C\c1ccc(N2CCOCC2)o1. The van der Waals surface area contributed by atoms with Crippen molar-refractivity contribution in [1.82, 2.24) is 10.7 Å². The first-order chi connectivity index (χ1) is 14.8. The zero-order chi connectivity index (χ0) is 22.4. The van der Waals surface area contributed by atoms with Crippen LogP contribution in [0.5, 0.6) is 0 Å². The van der Waals surface area contributed by atoms with Crippen LogP contribution in [0.25, 0.3) is 0 Å². The van der Waals surface area contributed by atoms with Crippen LogP contribution in [-0.2, 0) is 9.53 Å². The van der Waals surface area contributed by atoms with Crippen LogP contribution in [-0.4, -0.2) is 50.4 Å². The number of morpholine rings is 1. The van der Waals surface area contributed by atoms with E-state index in [1.807, 2.05) is 19.9 Å². The second-order valence-corrected chi connectivity index (χ2v) is 8.17. The molecule has 8 nitrogen and oxygen atoms in total. The Bertz CT molecular complexity index is 955. The highest BCUT2D eigenvalue weighted by atomic mass is 35.5. The van der Waals surface area contributed by atoms with Crippen molar-refractivity contribution in [3.8, 4) is 0 Å². The van der Waals surface area contributed by atoms with Crippen LogP contribution in [0.15, 0.2) is 39.9 Å². The Balaban J connectivity index is 1.59. The molecule has 2 aromatic rings. The maximum absolute atomic E-state index is 12.6. The van der Waals surface area contributed by atoms with E-state index in [1.54, 1.807) is 12.1 Å². The molecule has 1 aliphatic heterocycles. The lowest BCUT2D eigenvalue weighted by molar-refractivity contribution is -0.123. The first-order valence-electron chi connectivity index (χ1n) is 9.86. The standard InChI is InChI=1S/C21H24Cl2N4O4/c1-13(2)19(25-20(28)16-5-3-14(22)11-17(16)23)21(29)26-24-12-15-4-6-18(31-15)27-7-9-30-10-8-27/h3-6,11-13,19H,7-10H2,1-2H3,(H,25,28)(H,26,29)/b24-12-. The molecule has 1 aromatic heterocycles. The quantitative estimate of drug-likeness (QED) is 0.481. The maximum Gasteiger partial charge on any atom is 0.262 e. The first kappa shape index (κ1) is 23.1. The Labute approximate surface area is 190 Å². The van der Waals surface area contributed by atoms with Crippen molar-refractivity contribution in [3.63, 3.8) is 0 Å². The molecule has 0 aliphatic carbocycles. The summed E-state index contributed by atoms with van der Waals surface area (Å²) in [6.07, 6.45) is 1.41. The summed E-state index contributed by atoms with van der Waals surface area (Å²) in [5, 5.41) is 7.28. The van der Waals surface area contributed by atoms with Crippen molar-refractivity contribution >= 4 is 47.1 Å². The highest BCUT2D eigenvalue weighted by Crippen LogP contribution is 2.21. The molecular weight excluding hydrogens is 443 g/mol. The average Bonchev–Trinajstić information content (AvgIpc) is 3.21. The van der Waals surface area contributed by atoms with Gasteiger partial charge < -0.3 is 19.4 Å². The number of ether oxygens (including phenoxy) is 1. The van der Waals surface area contributed by atoms with E-state index in [0.29, 0.717) is 24.0 Å². The highest BCUT2D eigenvalue weighted by molar-refractivity contribution is 6.36. The minimum absolute atomic E-state index is 0.179. The van der Waals surface area contributed by atoms with Crippen molar-refractivity contribution in [3.05, 3.63) is 51.7 Å². The number of anilines is 1. The van der Waals surface area contributed by atoms with E-state index in [0.717, 1.165) is 19.0 Å². The molecule has 1 fully saturated rings. The summed E-state index contributed by atoms with van der Waals surface area (Å²) in [6.45, 7) is 6.47. The molecule has 0 radical (unpaired) electrons. The summed E-state index contributed by atoms with van der Waals surface area (Å²) in [5.41, 5.74) is 2.69. The third-order valence-corrected chi connectivity index (χ3v) is 5.26. The van der Waals surface area contributed by atoms with E-state index in [1.165, 1.54) is 18.3 Å². The minimum Gasteiger partial charge on any atom is -0.440 e. The van der Waals surface area contributed by atoms with Crippen molar-refractivity contribution in [2.75, 3.05) is 31.2 Å². The monoisotopic (exact) mass is 466 g/mol. The van der Waals surface area contributed by atoms with E-state index in [2.05, 4.69) is 20.7 Å². The van der Waals surface area contributed by atoms with Gasteiger partial charge in [0.05, 0.1) is 30.0 Å². The molecule has 2 N–H and O–H groups in total. The molecule has 1 unspecified atom stereocenters. The lowest BCUT2D eigenvalue weighted by Crippen LogP contribution is -2.48. The predicted molar refractivity (Wildman–Crippen MR) is 120 cm³/mol. The van der Waals surface area contributed by atoms with Gasteiger partial charge in [-0.05, 0) is 30.2 Å². The van der Waals surface area contributed by atoms with Gasteiger partial charge in [0.25, 0.3) is 11.8 Å². The zero-order valence-corrected chi connectivity index (χ0v) is 18.7. The van der Waals surface area contributed by atoms with Crippen molar-refractivity contribution < 1.29 is 18.7 Å². The van der Waals surface area contributed by atoms with E-state index in [-0.39, 0.29) is 16.5 Å². The van der Waals surface area contributed by atoms with Gasteiger partial charge in [0.1, 0.15) is 11.8 Å². The second-order valence-electron chi connectivity index (χ2n) is 7.33. The Morgan fingerprint density at radius 3 is 2.58 bits per heavy atom. The number of furan rings is 1. The van der Waals surface area contributed by atoms with Gasteiger partial charge >= 0.3 is 0 Å². The molecule has 2 amide bonds. The van der Waals surface area contributed by atoms with Crippen LogP contribution in [0.2, 0.25) is 10.0 Å². The van der Waals surface area contributed by atoms with Crippen molar-refractivity contribution in [2.45, 2.75) is 19.9 Å². The number of carbonyl (C=O) groups is 2. The van der Waals surface area contributed by atoms with E-state index < -0.39 is 17.9 Å². The summed E-state index contributed by atoms with van der Waals surface area (Å²) in [6, 6.07) is 7.35. The Morgan fingerprint density at radius 1 is 1.16 bits per heavy atom. The van der Waals surface area contributed by atoms with Crippen molar-refractivity contribution in [2.24, 2.45) is 11.0 Å². The zero-order valence-electron chi connectivity index (χ0n) is 17.2. The number of nitrogens with one attached hydrogen (secondary N) is 2. The highest BCUT2D eigenvalue weighted by Gasteiger charge is 2.25. The van der Waals surface area contributed by atoms with E-state index in [4.69, 9.17) is 32.4 Å². The fourth-order valence-corrected chi connectivity index (χ4v) is 3.52. The predicted octanol–water partition coefficient (Wildman–Crippen LogP) is 3.33. The molecule has 1 aliphatic rings. The molecule has 10 heteroatoms. The van der Waals surface area contributed by atoms with Crippen LogP contribution < -0.4 is 15.6 Å². The number of hydrazone groups is 1. The molecule has 166 valence electrons. The lowest BCUT2D eigenvalue weighted by atomic mass is 10.0. The fourth-order valence-electron chi connectivity index (χ4n) is 3.02. The summed E-state index contributed by atoms with van der Waals surface area (Å²) >= 11 is 12.0. The minimum atomic E-state index is -0.808. The van der Waals surface area contributed by atoms with Gasteiger partial charge in [-0.1, -0.05) is 37.0 Å². The third kappa shape index (κ3) is 6.22. The number of nitrogens with zero attached hydrogens (tertiary/aromatic N) is 2. The van der Waals surface area contributed by atoms with Gasteiger partial charge in [-0.3, -0.25) is 9.59 Å². The summed E-state index contributed by atoms with van der Waals surface area (Å²) in [5.74, 6) is 0.121. The Kier molecular flexibility index (Phi) is 7.95. The number of hydrogen-bond donors (Lipinski definition) is 2. The normalized spacial score (nSPS) is 15.3. The largest absolute Gasteiger partial charge is 0.440 e. The molecule has 0 spiro atoms. The second kappa shape index (κ2) is 10.7. The number of amides is 2. The molecule has 1 saturated heterocycles. The number of hydrogen-bond acceptors (Lipinski definition) is 6. The maximum atomic E-state index is 12.6. The van der Waals surface area contributed by atoms with Crippen LogP contribution in [0.3, 0.4) is 0 Å². The summed E-state index contributed by atoms with van der Waals surface area (Å²) in [7, 11) is 0. The smallest absolute Gasteiger partial charge is 0.262 e. The topological polar surface area (TPSA) is 96.2 Å². The first-order valence-corrected chi connectivity index (χ1v) is 10.6. The van der Waals surface area contributed by atoms with Crippen LogP contribution in [0.1, 0.15) is 30.0 Å². The molecule has 0 bridgehead atoms. The van der Waals surface area contributed by atoms with Gasteiger partial charge in [0, 0.05) is 24.2 Å². The Hall–Kier alpha value is -2.55. The average molecular weight is 467 g/mol. The molecule has 1 aromatic carbocycles. The van der Waals surface area contributed by atoms with Gasteiger partial charge in [-0.2, -0.15) is 5.10 Å².